The molecule has 0 bridgehead atoms. The van der Waals surface area contributed by atoms with Gasteiger partial charge in [0.05, 0.1) is 9.80 Å². The van der Waals surface area contributed by atoms with Crippen molar-refractivity contribution in [2.45, 2.75) is 52.5 Å². The van der Waals surface area contributed by atoms with Crippen LogP contribution in [0.5, 0.6) is 0 Å². The number of nitrogens with zero attached hydrogens (tertiary/aromatic N) is 2. The molecule has 0 unspecified atom stereocenters. The number of nitro groups is 1. The Bertz CT molecular complexity index is 555. The summed E-state index contributed by atoms with van der Waals surface area (Å²) in [7, 11) is 1.91. The van der Waals surface area contributed by atoms with Gasteiger partial charge in [0.15, 0.2) is 10.8 Å². The van der Waals surface area contributed by atoms with Crippen LogP contribution < -0.4 is 4.90 Å². The third-order valence-corrected chi connectivity index (χ3v) is 5.73. The van der Waals surface area contributed by atoms with Crippen molar-refractivity contribution >= 4 is 27.8 Å². The van der Waals surface area contributed by atoms with E-state index in [1.165, 1.54) is 24.3 Å². The molecule has 21 heavy (non-hydrogen) atoms. The molecule has 1 heterocycles. The molecular formula is C15H22N2O3S. The van der Waals surface area contributed by atoms with Crippen LogP contribution >= 0.6 is 11.3 Å². The van der Waals surface area contributed by atoms with Crippen LogP contribution in [0.3, 0.4) is 0 Å². The van der Waals surface area contributed by atoms with Crippen molar-refractivity contribution < 1.29 is 9.72 Å². The zero-order valence-corrected chi connectivity index (χ0v) is 13.8. The van der Waals surface area contributed by atoms with Crippen LogP contribution in [0.2, 0.25) is 0 Å². The summed E-state index contributed by atoms with van der Waals surface area (Å²) in [6, 6.07) is 1.72. The lowest BCUT2D eigenvalue weighted by Crippen LogP contribution is -2.37. The second kappa shape index (κ2) is 5.75. The lowest BCUT2D eigenvalue weighted by atomic mass is 9.75. The van der Waals surface area contributed by atoms with Gasteiger partial charge in [0.1, 0.15) is 0 Å². The highest BCUT2D eigenvalue weighted by Gasteiger charge is 2.32. The molecule has 0 spiro atoms. The Morgan fingerprint density at radius 3 is 2.48 bits per heavy atom. The molecule has 1 saturated carbocycles. The summed E-state index contributed by atoms with van der Waals surface area (Å²) in [5.41, 5.74) is 0.418. The molecule has 5 nitrogen and oxygen atoms in total. The molecule has 0 atom stereocenters. The molecule has 1 fully saturated rings. The first kappa shape index (κ1) is 15.9. The van der Waals surface area contributed by atoms with Gasteiger partial charge in [0.25, 0.3) is 0 Å². The van der Waals surface area contributed by atoms with Crippen LogP contribution in [0.25, 0.3) is 0 Å². The van der Waals surface area contributed by atoms with Gasteiger partial charge >= 0.3 is 5.69 Å². The number of rotatable bonds is 4. The fourth-order valence-electron chi connectivity index (χ4n) is 2.87. The maximum absolute atomic E-state index is 11.5. The molecule has 6 heteroatoms. The van der Waals surface area contributed by atoms with E-state index >= 15 is 0 Å². The first-order valence-corrected chi connectivity index (χ1v) is 8.05. The van der Waals surface area contributed by atoms with E-state index in [4.69, 9.17) is 0 Å². The van der Waals surface area contributed by atoms with Crippen LogP contribution in [0.4, 0.5) is 10.7 Å². The Balaban J connectivity index is 2.24. The number of carbonyl (C=O) groups is 1. The third-order valence-electron chi connectivity index (χ3n) is 4.41. The van der Waals surface area contributed by atoms with E-state index in [1.54, 1.807) is 0 Å². The maximum atomic E-state index is 11.5. The number of hydrogen-bond acceptors (Lipinski definition) is 5. The van der Waals surface area contributed by atoms with Gasteiger partial charge in [-0.15, -0.1) is 11.3 Å². The Morgan fingerprint density at radius 1 is 1.43 bits per heavy atom. The number of hydrogen-bond donors (Lipinski definition) is 0. The van der Waals surface area contributed by atoms with E-state index in [-0.39, 0.29) is 16.4 Å². The molecule has 0 radical (unpaired) electrons. The van der Waals surface area contributed by atoms with Crippen molar-refractivity contribution in [1.29, 1.82) is 0 Å². The fraction of sp³-hybridized carbons (Fsp3) is 0.667. The van der Waals surface area contributed by atoms with E-state index in [0.717, 1.165) is 25.7 Å². The highest BCUT2D eigenvalue weighted by molar-refractivity contribution is 7.18. The second-order valence-electron chi connectivity index (χ2n) is 6.62. The van der Waals surface area contributed by atoms with Crippen LogP contribution in [-0.2, 0) is 0 Å². The summed E-state index contributed by atoms with van der Waals surface area (Å²) in [5, 5.41) is 11.8. The molecular weight excluding hydrogens is 288 g/mol. The van der Waals surface area contributed by atoms with Crippen molar-refractivity contribution in [1.82, 2.24) is 0 Å². The zero-order valence-electron chi connectivity index (χ0n) is 13.0. The summed E-state index contributed by atoms with van der Waals surface area (Å²) in [5.74, 6) is -0.118. The Hall–Kier alpha value is -1.43. The molecule has 0 saturated heterocycles. The Kier molecular flexibility index (Phi) is 4.37. The summed E-state index contributed by atoms with van der Waals surface area (Å²) in [6.07, 6.45) is 4.32. The van der Waals surface area contributed by atoms with Crippen molar-refractivity contribution in [3.05, 3.63) is 21.1 Å². The van der Waals surface area contributed by atoms with Gasteiger partial charge < -0.3 is 4.90 Å². The minimum absolute atomic E-state index is 0.0533. The van der Waals surface area contributed by atoms with Gasteiger partial charge in [-0.05, 0) is 38.0 Å². The van der Waals surface area contributed by atoms with Crippen LogP contribution in [0.15, 0.2) is 6.07 Å². The molecule has 1 aromatic rings. The van der Waals surface area contributed by atoms with Crippen molar-refractivity contribution in [2.75, 3.05) is 11.9 Å². The lowest BCUT2D eigenvalue weighted by molar-refractivity contribution is -0.383. The summed E-state index contributed by atoms with van der Waals surface area (Å²) in [6.45, 7) is 5.98. The topological polar surface area (TPSA) is 63.4 Å². The molecule has 0 N–H and O–H groups in total. The van der Waals surface area contributed by atoms with Gasteiger partial charge in [-0.1, -0.05) is 13.8 Å². The summed E-state index contributed by atoms with van der Waals surface area (Å²) < 4.78 is 0. The molecule has 1 aliphatic carbocycles. The third kappa shape index (κ3) is 3.43. The number of Topliss-reactive ketones (excluding diaryl/α,β-unsaturated/α-hetero) is 1. The van der Waals surface area contributed by atoms with Crippen molar-refractivity contribution in [3.63, 3.8) is 0 Å². The van der Waals surface area contributed by atoms with Gasteiger partial charge in [0, 0.05) is 19.2 Å². The average molecular weight is 310 g/mol. The minimum Gasteiger partial charge on any atom is -0.358 e. The molecule has 0 aromatic carbocycles. The highest BCUT2D eigenvalue weighted by atomic mass is 32.1. The normalized spacial score (nSPS) is 18.5. The standard InChI is InChI=1S/C15H22N2O3S/c1-10(18)13-9-12(17(19)20)14(21-13)16(4)11-5-7-15(2,3)8-6-11/h9,11H,5-8H2,1-4H3. The highest BCUT2D eigenvalue weighted by Crippen LogP contribution is 2.42. The van der Waals surface area contributed by atoms with Gasteiger partial charge in [0.2, 0.25) is 0 Å². The summed E-state index contributed by atoms with van der Waals surface area (Å²) in [4.78, 5) is 24.8. The molecule has 0 amide bonds. The number of ketones is 1. The number of thiophene rings is 1. The summed E-state index contributed by atoms with van der Waals surface area (Å²) >= 11 is 1.23. The predicted molar refractivity (Wildman–Crippen MR) is 85.4 cm³/mol. The largest absolute Gasteiger partial charge is 0.358 e. The fourth-order valence-corrected chi connectivity index (χ4v) is 3.92. The first-order valence-electron chi connectivity index (χ1n) is 7.23. The predicted octanol–water partition coefficient (Wildman–Crippen LogP) is 4.26. The quantitative estimate of drug-likeness (QED) is 0.473. The molecule has 0 aliphatic heterocycles. The Labute approximate surface area is 129 Å². The van der Waals surface area contributed by atoms with Crippen LogP contribution in [-0.4, -0.2) is 23.8 Å². The molecule has 116 valence electrons. The number of anilines is 1. The first-order chi connectivity index (χ1) is 9.71. The SMILES string of the molecule is CC(=O)c1cc([N+](=O)[O-])c(N(C)C2CCC(C)(C)CC2)s1. The van der Waals surface area contributed by atoms with E-state index < -0.39 is 0 Å². The van der Waals surface area contributed by atoms with E-state index in [1.807, 2.05) is 11.9 Å². The molecule has 1 aromatic heterocycles. The van der Waals surface area contributed by atoms with Crippen LogP contribution in [0.1, 0.15) is 56.1 Å². The molecule has 1 aliphatic rings. The van der Waals surface area contributed by atoms with Crippen LogP contribution in [0, 0.1) is 15.5 Å². The maximum Gasteiger partial charge on any atom is 0.304 e. The van der Waals surface area contributed by atoms with E-state index in [9.17, 15) is 14.9 Å². The van der Waals surface area contributed by atoms with Gasteiger partial charge in [-0.25, -0.2) is 0 Å². The smallest absolute Gasteiger partial charge is 0.304 e. The monoisotopic (exact) mass is 310 g/mol. The second-order valence-corrected chi connectivity index (χ2v) is 7.65. The van der Waals surface area contributed by atoms with E-state index in [2.05, 4.69) is 13.8 Å². The average Bonchev–Trinajstić information content (AvgIpc) is 2.83. The van der Waals surface area contributed by atoms with E-state index in [0.29, 0.717) is 21.3 Å². The number of carbonyl (C=O) groups excluding carboxylic acids is 1. The minimum atomic E-state index is -0.387. The molecule has 2 rings (SSSR count). The Morgan fingerprint density at radius 2 is 2.00 bits per heavy atom. The van der Waals surface area contributed by atoms with Crippen molar-refractivity contribution in [3.8, 4) is 0 Å². The van der Waals surface area contributed by atoms with Crippen molar-refractivity contribution in [2.24, 2.45) is 5.41 Å². The van der Waals surface area contributed by atoms with Gasteiger partial charge in [-0.3, -0.25) is 14.9 Å². The zero-order chi connectivity index (χ0) is 15.8. The lowest BCUT2D eigenvalue weighted by Gasteiger charge is -2.38. The van der Waals surface area contributed by atoms with Gasteiger partial charge in [-0.2, -0.15) is 0 Å².